The molecule has 0 bridgehead atoms. The van der Waals surface area contributed by atoms with Crippen molar-refractivity contribution < 1.29 is 43.9 Å². The summed E-state index contributed by atoms with van der Waals surface area (Å²) in [7, 11) is 3.67. The number of hydrogen-bond acceptors (Lipinski definition) is 10. The van der Waals surface area contributed by atoms with Crippen molar-refractivity contribution in [3.05, 3.63) is 0 Å². The summed E-state index contributed by atoms with van der Waals surface area (Å²) in [6, 6.07) is -0.204. The lowest BCUT2D eigenvalue weighted by molar-refractivity contribution is -0.312. The van der Waals surface area contributed by atoms with Crippen LogP contribution in [0.5, 0.6) is 0 Å². The van der Waals surface area contributed by atoms with E-state index in [1.165, 1.54) is 0 Å². The van der Waals surface area contributed by atoms with Crippen LogP contribution >= 0.6 is 0 Å². The lowest BCUT2D eigenvalue weighted by atomic mass is 9.77. The molecule has 3 aliphatic heterocycles. The van der Waals surface area contributed by atoms with E-state index in [4.69, 9.17) is 18.9 Å². The van der Waals surface area contributed by atoms with Crippen LogP contribution in [0.1, 0.15) is 88.0 Å². The van der Waals surface area contributed by atoms with Gasteiger partial charge in [0.1, 0.15) is 6.10 Å². The third kappa shape index (κ3) is 9.40. The van der Waals surface area contributed by atoms with Gasteiger partial charge in [0.2, 0.25) is 11.8 Å². The normalized spacial score (nSPS) is 43.4. The maximum atomic E-state index is 13.6. The van der Waals surface area contributed by atoms with E-state index in [0.717, 1.165) is 13.0 Å². The maximum absolute atomic E-state index is 13.6. The molecule has 3 saturated heterocycles. The number of hydrogen-bond donors (Lipinski definition) is 4. The first-order valence-electron chi connectivity index (χ1n) is 17.2. The minimum atomic E-state index is -1.47. The summed E-state index contributed by atoms with van der Waals surface area (Å²) in [4.78, 5) is 30.2. The van der Waals surface area contributed by atoms with Gasteiger partial charge in [0.15, 0.2) is 12.6 Å². The molecule has 3 aliphatic rings. The molecule has 0 aromatic rings. The standard InChI is InChI=1S/C34H63N3O9/c1-12-13-36(10)24-14-20(3)43-32(27(24)39)46-30-21(4)28(45-26-16-33(7,8)29(40)23(6)44-26)22(5)31(41)35-17-25(38)37(11)18-19(2)15-34(30,9)42/h19-24,26-30,32,39-40,42H,12-18H2,1-11H3,(H,35,41)/t19-,20-,21+,22-,23+,24+,26+,27-,28+,29+,30-,32+,34-/m1/s1. The molecular weight excluding hydrogens is 594 g/mol. The molecule has 2 amide bonds. The monoisotopic (exact) mass is 657 g/mol. The Balaban J connectivity index is 2.05. The van der Waals surface area contributed by atoms with Gasteiger partial charge in [0.05, 0.1) is 48.6 Å². The molecule has 3 heterocycles. The number of carbonyl (C=O) groups excluding carboxylic acids is 2. The van der Waals surface area contributed by atoms with Crippen molar-refractivity contribution >= 4 is 11.8 Å². The third-order valence-corrected chi connectivity index (χ3v) is 10.4. The van der Waals surface area contributed by atoms with E-state index < -0.39 is 66.0 Å². The Bertz CT molecular complexity index is 1010. The number of nitrogens with zero attached hydrogens (tertiary/aromatic N) is 2. The van der Waals surface area contributed by atoms with E-state index in [1.54, 1.807) is 32.7 Å². The van der Waals surface area contributed by atoms with Crippen LogP contribution in [0.15, 0.2) is 0 Å². The smallest absolute Gasteiger partial charge is 0.241 e. The number of carbonyl (C=O) groups is 2. The Kier molecular flexibility index (Phi) is 13.5. The van der Waals surface area contributed by atoms with Crippen molar-refractivity contribution in [3.63, 3.8) is 0 Å². The van der Waals surface area contributed by atoms with Crippen LogP contribution in [-0.4, -0.2) is 132 Å². The Morgan fingerprint density at radius 2 is 1.70 bits per heavy atom. The zero-order chi connectivity index (χ0) is 34.7. The molecule has 0 radical (unpaired) electrons. The summed E-state index contributed by atoms with van der Waals surface area (Å²) in [6.45, 7) is 18.0. The highest BCUT2D eigenvalue weighted by Gasteiger charge is 2.50. The largest absolute Gasteiger partial charge is 0.390 e. The molecule has 0 spiro atoms. The van der Waals surface area contributed by atoms with Crippen LogP contribution in [0.4, 0.5) is 0 Å². The van der Waals surface area contributed by atoms with E-state index in [1.807, 2.05) is 41.7 Å². The number of nitrogens with one attached hydrogen (secondary N) is 1. The molecule has 268 valence electrons. The van der Waals surface area contributed by atoms with Crippen LogP contribution in [0, 0.1) is 23.2 Å². The van der Waals surface area contributed by atoms with Gasteiger partial charge in [-0.05, 0) is 65.0 Å². The maximum Gasteiger partial charge on any atom is 0.241 e. The van der Waals surface area contributed by atoms with Gasteiger partial charge in [-0.15, -0.1) is 0 Å². The fraction of sp³-hybridized carbons (Fsp3) is 0.941. The molecule has 0 saturated carbocycles. The van der Waals surface area contributed by atoms with Crippen LogP contribution in [0.2, 0.25) is 0 Å². The average molecular weight is 658 g/mol. The van der Waals surface area contributed by atoms with Gasteiger partial charge >= 0.3 is 0 Å². The number of ether oxygens (including phenoxy) is 4. The van der Waals surface area contributed by atoms with Crippen LogP contribution in [-0.2, 0) is 28.5 Å². The summed E-state index contributed by atoms with van der Waals surface area (Å²) in [5.41, 5.74) is -1.98. The first kappa shape index (κ1) is 39.1. The zero-order valence-electron chi connectivity index (χ0n) is 30.1. The van der Waals surface area contributed by atoms with Gasteiger partial charge in [-0.3, -0.25) is 9.59 Å². The van der Waals surface area contributed by atoms with Crippen molar-refractivity contribution in [1.29, 1.82) is 0 Å². The summed E-state index contributed by atoms with van der Waals surface area (Å²) in [5.74, 6) is -2.12. The molecule has 3 rings (SSSR count). The van der Waals surface area contributed by atoms with Crippen molar-refractivity contribution in [2.75, 3.05) is 33.7 Å². The number of rotatable bonds is 7. The van der Waals surface area contributed by atoms with Crippen LogP contribution in [0.25, 0.3) is 0 Å². The minimum absolute atomic E-state index is 0.125. The predicted octanol–water partition coefficient (Wildman–Crippen LogP) is 2.12. The Labute approximate surface area is 276 Å². The van der Waals surface area contributed by atoms with E-state index in [9.17, 15) is 24.9 Å². The molecule has 0 unspecified atom stereocenters. The first-order valence-corrected chi connectivity index (χ1v) is 17.2. The van der Waals surface area contributed by atoms with E-state index in [-0.39, 0.29) is 42.8 Å². The van der Waals surface area contributed by atoms with Gasteiger partial charge in [-0.25, -0.2) is 0 Å². The average Bonchev–Trinajstić information content (AvgIpc) is 2.95. The van der Waals surface area contributed by atoms with E-state index in [0.29, 0.717) is 19.4 Å². The predicted molar refractivity (Wildman–Crippen MR) is 174 cm³/mol. The van der Waals surface area contributed by atoms with Gasteiger partial charge in [-0.1, -0.05) is 41.5 Å². The number of aliphatic hydroxyl groups is 3. The highest BCUT2D eigenvalue weighted by Crippen LogP contribution is 2.40. The fourth-order valence-electron chi connectivity index (χ4n) is 7.81. The van der Waals surface area contributed by atoms with Gasteiger partial charge in [0, 0.05) is 32.0 Å². The molecule has 0 aromatic carbocycles. The summed E-state index contributed by atoms with van der Waals surface area (Å²) in [6.07, 6.45) is -3.72. The van der Waals surface area contributed by atoms with Crippen LogP contribution in [0.3, 0.4) is 0 Å². The van der Waals surface area contributed by atoms with Gasteiger partial charge in [-0.2, -0.15) is 0 Å². The lowest BCUT2D eigenvalue weighted by Gasteiger charge is -2.48. The number of aliphatic hydroxyl groups excluding tert-OH is 2. The fourth-order valence-corrected chi connectivity index (χ4v) is 7.81. The van der Waals surface area contributed by atoms with E-state index in [2.05, 4.69) is 17.1 Å². The van der Waals surface area contributed by atoms with Crippen molar-refractivity contribution in [2.24, 2.45) is 23.2 Å². The molecule has 12 heteroatoms. The zero-order valence-corrected chi connectivity index (χ0v) is 30.1. The Hall–Kier alpha value is -1.38. The number of likely N-dealkylation sites (N-methyl/N-ethyl adjacent to an activating group) is 2. The Morgan fingerprint density at radius 1 is 1.04 bits per heavy atom. The molecule has 3 fully saturated rings. The van der Waals surface area contributed by atoms with Gasteiger partial charge < -0.3 is 49.4 Å². The molecule has 12 nitrogen and oxygen atoms in total. The highest BCUT2D eigenvalue weighted by atomic mass is 16.7. The summed E-state index contributed by atoms with van der Waals surface area (Å²) >= 11 is 0. The molecule has 46 heavy (non-hydrogen) atoms. The SMILES string of the molecule is CCCN(C)[C@H]1C[C@@H](C)O[C@@H](O[C@@H]2[C@@H](C)[C@H](O[C@H]3CC(C)(C)[C@@H](O)[C@H](C)O3)[C@@H](C)C(=O)NCC(=O)N(C)C[C@H](C)C[C@@]2(C)O)[C@@H]1O. The second-order valence-corrected chi connectivity index (χ2v) is 15.5. The minimum Gasteiger partial charge on any atom is -0.390 e. The summed E-state index contributed by atoms with van der Waals surface area (Å²) in [5, 5.41) is 37.4. The third-order valence-electron chi connectivity index (χ3n) is 10.4. The molecule has 4 N–H and O–H groups in total. The molecule has 0 aromatic heterocycles. The molecule has 13 atom stereocenters. The van der Waals surface area contributed by atoms with Crippen molar-refractivity contribution in [2.45, 2.75) is 149 Å². The second-order valence-electron chi connectivity index (χ2n) is 15.5. The van der Waals surface area contributed by atoms with Crippen molar-refractivity contribution in [1.82, 2.24) is 15.1 Å². The lowest BCUT2D eigenvalue weighted by Crippen LogP contribution is -2.60. The topological polar surface area (TPSA) is 150 Å². The quantitative estimate of drug-likeness (QED) is 0.321. The summed E-state index contributed by atoms with van der Waals surface area (Å²) < 4.78 is 25.7. The second kappa shape index (κ2) is 15.9. The first-order chi connectivity index (χ1) is 21.3. The molecule has 0 aliphatic carbocycles. The number of amides is 2. The highest BCUT2D eigenvalue weighted by molar-refractivity contribution is 5.85. The Morgan fingerprint density at radius 3 is 2.30 bits per heavy atom. The van der Waals surface area contributed by atoms with Crippen molar-refractivity contribution in [3.8, 4) is 0 Å². The van der Waals surface area contributed by atoms with E-state index >= 15 is 0 Å². The molecular formula is C34H63N3O9. The van der Waals surface area contributed by atoms with Gasteiger partial charge in [0.25, 0.3) is 0 Å². The van der Waals surface area contributed by atoms with Crippen LogP contribution < -0.4 is 5.32 Å².